The second kappa shape index (κ2) is 5.77. The molecule has 6 nitrogen and oxygen atoms in total. The number of hydrogen-bond donors (Lipinski definition) is 1. The molecule has 3 rings (SSSR count). The molecule has 0 aromatic heterocycles. The van der Waals surface area contributed by atoms with E-state index in [4.69, 9.17) is 4.74 Å². The first-order valence-electron chi connectivity index (χ1n) is 6.60. The van der Waals surface area contributed by atoms with Crippen molar-refractivity contribution in [2.75, 3.05) is 7.11 Å². The molecule has 7 heteroatoms. The average Bonchev–Trinajstić information content (AvgIpc) is 2.85. The van der Waals surface area contributed by atoms with Crippen LogP contribution < -0.4 is 4.74 Å². The summed E-state index contributed by atoms with van der Waals surface area (Å²) in [6.45, 7) is 0. The third-order valence-corrected chi connectivity index (χ3v) is 4.47. The third kappa shape index (κ3) is 2.66. The van der Waals surface area contributed by atoms with E-state index in [1.807, 2.05) is 12.1 Å². The molecule has 0 saturated heterocycles. The maximum Gasteiger partial charge on any atom is 0.315 e. The van der Waals surface area contributed by atoms with Crippen molar-refractivity contribution in [1.82, 2.24) is 0 Å². The number of thioether (sulfide) groups is 1. The summed E-state index contributed by atoms with van der Waals surface area (Å²) in [5.74, 6) is -0.673. The number of Topliss-reactive ketones (excluding diaryl/α,β-unsaturated/α-hetero) is 1. The topological polar surface area (TPSA) is 89.7 Å². The number of phenols is 1. The largest absolute Gasteiger partial charge is 0.500 e. The van der Waals surface area contributed by atoms with Gasteiger partial charge in [0.15, 0.2) is 5.75 Å². The lowest BCUT2D eigenvalue weighted by atomic mass is 10.1. The van der Waals surface area contributed by atoms with Crippen molar-refractivity contribution < 1.29 is 19.6 Å². The van der Waals surface area contributed by atoms with Gasteiger partial charge in [0.05, 0.1) is 16.9 Å². The highest BCUT2D eigenvalue weighted by atomic mass is 32.2. The molecule has 1 N–H and O–H groups in total. The van der Waals surface area contributed by atoms with E-state index in [2.05, 4.69) is 0 Å². The smallest absolute Gasteiger partial charge is 0.315 e. The number of nitrogens with zero attached hydrogens (tertiary/aromatic N) is 1. The SMILES string of the molecule is COc1cc(/C=C2\Sc3ccccc3C2=O)cc([N+](=O)[O-])c1O. The number of carbonyl (C=O) groups excluding carboxylic acids is 1. The van der Waals surface area contributed by atoms with Crippen molar-refractivity contribution in [3.05, 3.63) is 62.5 Å². The van der Waals surface area contributed by atoms with Gasteiger partial charge in [0.25, 0.3) is 0 Å². The van der Waals surface area contributed by atoms with E-state index in [9.17, 15) is 20.0 Å². The monoisotopic (exact) mass is 329 g/mol. The zero-order valence-corrected chi connectivity index (χ0v) is 12.8. The molecular weight excluding hydrogens is 318 g/mol. The van der Waals surface area contributed by atoms with Gasteiger partial charge in [-0.2, -0.15) is 0 Å². The summed E-state index contributed by atoms with van der Waals surface area (Å²) >= 11 is 1.31. The van der Waals surface area contributed by atoms with Crippen LogP contribution in [0.2, 0.25) is 0 Å². The van der Waals surface area contributed by atoms with E-state index in [0.29, 0.717) is 16.0 Å². The van der Waals surface area contributed by atoms with Crippen molar-refractivity contribution in [2.45, 2.75) is 4.90 Å². The number of carbonyl (C=O) groups is 1. The number of ether oxygens (including phenoxy) is 1. The maximum absolute atomic E-state index is 12.3. The van der Waals surface area contributed by atoms with E-state index in [1.165, 1.54) is 31.0 Å². The molecular formula is C16H11NO5S. The fourth-order valence-electron chi connectivity index (χ4n) is 2.28. The summed E-state index contributed by atoms with van der Waals surface area (Å²) in [6.07, 6.45) is 1.56. The predicted octanol–water partition coefficient (Wildman–Crippen LogP) is 3.64. The van der Waals surface area contributed by atoms with E-state index in [0.717, 1.165) is 4.90 Å². The average molecular weight is 329 g/mol. The Kier molecular flexibility index (Phi) is 3.79. The minimum Gasteiger partial charge on any atom is -0.500 e. The lowest BCUT2D eigenvalue weighted by Gasteiger charge is -2.05. The maximum atomic E-state index is 12.3. The van der Waals surface area contributed by atoms with Crippen LogP contribution in [0.4, 0.5) is 5.69 Å². The summed E-state index contributed by atoms with van der Waals surface area (Å²) < 4.78 is 4.95. The molecule has 116 valence electrons. The second-order valence-corrected chi connectivity index (χ2v) is 5.87. The van der Waals surface area contributed by atoms with Crippen LogP contribution in [0.25, 0.3) is 6.08 Å². The number of nitro benzene ring substituents is 1. The zero-order valence-electron chi connectivity index (χ0n) is 12.0. The molecule has 2 aromatic rings. The van der Waals surface area contributed by atoms with Crippen LogP contribution in [-0.4, -0.2) is 22.9 Å². The number of phenolic OH excluding ortho intramolecular Hbond substituents is 1. The summed E-state index contributed by atoms with van der Waals surface area (Å²) in [5, 5.41) is 20.8. The lowest BCUT2D eigenvalue weighted by Crippen LogP contribution is -1.95. The molecule has 0 atom stereocenters. The Labute approximate surface area is 135 Å². The number of rotatable bonds is 3. The molecule has 0 aliphatic carbocycles. The van der Waals surface area contributed by atoms with Crippen LogP contribution in [-0.2, 0) is 0 Å². The number of nitro groups is 1. The molecule has 0 unspecified atom stereocenters. The van der Waals surface area contributed by atoms with Gasteiger partial charge in [0, 0.05) is 16.5 Å². The van der Waals surface area contributed by atoms with Gasteiger partial charge in [-0.25, -0.2) is 0 Å². The zero-order chi connectivity index (χ0) is 16.6. The van der Waals surface area contributed by atoms with Gasteiger partial charge in [-0.3, -0.25) is 14.9 Å². The highest BCUT2D eigenvalue weighted by molar-refractivity contribution is 8.04. The molecule has 1 heterocycles. The molecule has 0 radical (unpaired) electrons. The van der Waals surface area contributed by atoms with Gasteiger partial charge in [-0.05, 0) is 29.8 Å². The first kappa shape index (κ1) is 15.1. The van der Waals surface area contributed by atoms with Gasteiger partial charge in [-0.15, -0.1) is 0 Å². The number of benzene rings is 2. The Morgan fingerprint density at radius 2 is 2.04 bits per heavy atom. The Morgan fingerprint density at radius 3 is 2.70 bits per heavy atom. The Balaban J connectivity index is 2.06. The minimum atomic E-state index is -0.696. The molecule has 0 amide bonds. The minimum absolute atomic E-state index is 0.0148. The van der Waals surface area contributed by atoms with Gasteiger partial charge < -0.3 is 9.84 Å². The highest BCUT2D eigenvalue weighted by Gasteiger charge is 2.26. The quantitative estimate of drug-likeness (QED) is 0.525. The third-order valence-electron chi connectivity index (χ3n) is 3.37. The fourth-order valence-corrected chi connectivity index (χ4v) is 3.33. The standard InChI is InChI=1S/C16H11NO5S/c1-22-12-7-9(6-11(16(12)19)17(20)21)8-14-15(18)10-4-2-3-5-13(10)23-14/h2-8,19H,1H3/b14-8-. The second-order valence-electron chi connectivity index (χ2n) is 4.78. The van der Waals surface area contributed by atoms with Crippen LogP contribution in [0.5, 0.6) is 11.5 Å². The van der Waals surface area contributed by atoms with Gasteiger partial charge in [-0.1, -0.05) is 23.9 Å². The molecule has 23 heavy (non-hydrogen) atoms. The molecule has 0 spiro atoms. The van der Waals surface area contributed by atoms with Crippen molar-refractivity contribution >= 4 is 29.3 Å². The number of ketones is 1. The van der Waals surface area contributed by atoms with E-state index in [-0.39, 0.29) is 11.5 Å². The Bertz CT molecular complexity index is 860. The molecule has 2 aromatic carbocycles. The van der Waals surface area contributed by atoms with Crippen molar-refractivity contribution in [3.8, 4) is 11.5 Å². The van der Waals surface area contributed by atoms with Crippen LogP contribution in [0.1, 0.15) is 15.9 Å². The van der Waals surface area contributed by atoms with Crippen LogP contribution >= 0.6 is 11.8 Å². The molecule has 1 aliphatic heterocycles. The van der Waals surface area contributed by atoms with Crippen LogP contribution in [0, 0.1) is 10.1 Å². The number of hydrogen-bond acceptors (Lipinski definition) is 6. The van der Waals surface area contributed by atoms with E-state index < -0.39 is 16.4 Å². The van der Waals surface area contributed by atoms with Gasteiger partial charge in [0.1, 0.15) is 0 Å². The summed E-state index contributed by atoms with van der Waals surface area (Å²) in [4.78, 5) is 24.0. The molecule has 0 bridgehead atoms. The normalized spacial score (nSPS) is 14.8. The summed E-state index contributed by atoms with van der Waals surface area (Å²) in [5.41, 5.74) is 0.558. The first-order chi connectivity index (χ1) is 11.0. The van der Waals surface area contributed by atoms with Crippen LogP contribution in [0.3, 0.4) is 0 Å². The molecule has 1 aliphatic rings. The number of fused-ring (bicyclic) bond motifs is 1. The fraction of sp³-hybridized carbons (Fsp3) is 0.0625. The van der Waals surface area contributed by atoms with Crippen molar-refractivity contribution in [2.24, 2.45) is 0 Å². The lowest BCUT2D eigenvalue weighted by molar-refractivity contribution is -0.386. The van der Waals surface area contributed by atoms with Gasteiger partial charge in [0.2, 0.25) is 11.5 Å². The van der Waals surface area contributed by atoms with Gasteiger partial charge >= 0.3 is 5.69 Å². The molecule has 0 fully saturated rings. The van der Waals surface area contributed by atoms with E-state index >= 15 is 0 Å². The first-order valence-corrected chi connectivity index (χ1v) is 7.41. The molecule has 0 saturated carbocycles. The number of aromatic hydroxyl groups is 1. The number of methoxy groups -OCH3 is 1. The van der Waals surface area contributed by atoms with Crippen molar-refractivity contribution in [1.29, 1.82) is 0 Å². The van der Waals surface area contributed by atoms with E-state index in [1.54, 1.807) is 18.2 Å². The Morgan fingerprint density at radius 1 is 1.30 bits per heavy atom. The van der Waals surface area contributed by atoms with Crippen molar-refractivity contribution in [3.63, 3.8) is 0 Å². The number of allylic oxidation sites excluding steroid dienone is 1. The predicted molar refractivity (Wildman–Crippen MR) is 85.9 cm³/mol. The van der Waals surface area contributed by atoms with Crippen LogP contribution in [0.15, 0.2) is 46.2 Å². The summed E-state index contributed by atoms with van der Waals surface area (Å²) in [6, 6.07) is 9.88. The highest BCUT2D eigenvalue weighted by Crippen LogP contribution is 2.42. The Hall–Kier alpha value is -2.80. The summed E-state index contributed by atoms with van der Waals surface area (Å²) in [7, 11) is 1.31.